The van der Waals surface area contributed by atoms with Crippen molar-refractivity contribution in [3.8, 4) is 0 Å². The van der Waals surface area contributed by atoms with Crippen LogP contribution in [0.2, 0.25) is 0 Å². The summed E-state index contributed by atoms with van der Waals surface area (Å²) in [7, 11) is 1.27. The SMILES string of the molecule is COC(=O)c1cc(Nc2ccc(F)c(Br)c2)ncc1N. The summed E-state index contributed by atoms with van der Waals surface area (Å²) in [5, 5.41) is 2.95. The van der Waals surface area contributed by atoms with Gasteiger partial charge in [-0.1, -0.05) is 0 Å². The molecule has 0 fully saturated rings. The van der Waals surface area contributed by atoms with Gasteiger partial charge in [0.2, 0.25) is 0 Å². The molecule has 3 N–H and O–H groups in total. The third-order valence-electron chi connectivity index (χ3n) is 2.53. The van der Waals surface area contributed by atoms with Crippen LogP contribution in [-0.4, -0.2) is 18.1 Å². The summed E-state index contributed by atoms with van der Waals surface area (Å²) in [5.74, 6) is -0.512. The van der Waals surface area contributed by atoms with E-state index >= 15 is 0 Å². The quantitative estimate of drug-likeness (QED) is 0.840. The number of hydrogen-bond donors (Lipinski definition) is 2. The van der Waals surface area contributed by atoms with Crippen LogP contribution in [0.1, 0.15) is 10.4 Å². The second kappa shape index (κ2) is 5.87. The number of rotatable bonds is 3. The normalized spacial score (nSPS) is 10.2. The van der Waals surface area contributed by atoms with E-state index in [1.54, 1.807) is 12.1 Å². The van der Waals surface area contributed by atoms with Gasteiger partial charge in [-0.3, -0.25) is 0 Å². The topological polar surface area (TPSA) is 77.2 Å². The number of nitrogen functional groups attached to an aromatic ring is 1. The van der Waals surface area contributed by atoms with Crippen LogP contribution in [0.15, 0.2) is 34.9 Å². The molecule has 1 aromatic heterocycles. The van der Waals surface area contributed by atoms with Crippen LogP contribution in [0.4, 0.5) is 21.6 Å². The molecule has 0 aliphatic rings. The summed E-state index contributed by atoms with van der Waals surface area (Å²) in [6.45, 7) is 0. The molecule has 0 aliphatic heterocycles. The smallest absolute Gasteiger partial charge is 0.340 e. The Labute approximate surface area is 123 Å². The predicted molar refractivity (Wildman–Crippen MR) is 77.4 cm³/mol. The summed E-state index contributed by atoms with van der Waals surface area (Å²) in [6, 6.07) is 5.89. The minimum atomic E-state index is -0.548. The third kappa shape index (κ3) is 3.05. The number of anilines is 3. The lowest BCUT2D eigenvalue weighted by molar-refractivity contribution is 0.0602. The second-order valence-corrected chi connectivity index (χ2v) is 4.76. The maximum Gasteiger partial charge on any atom is 0.340 e. The van der Waals surface area contributed by atoms with Crippen molar-refractivity contribution in [2.24, 2.45) is 0 Å². The Kier molecular flexibility index (Phi) is 4.19. The van der Waals surface area contributed by atoms with Crippen LogP contribution < -0.4 is 11.1 Å². The van der Waals surface area contributed by atoms with Crippen molar-refractivity contribution in [1.29, 1.82) is 0 Å². The fourth-order valence-electron chi connectivity index (χ4n) is 1.54. The second-order valence-electron chi connectivity index (χ2n) is 3.90. The monoisotopic (exact) mass is 339 g/mol. The van der Waals surface area contributed by atoms with Crippen molar-refractivity contribution in [2.75, 3.05) is 18.2 Å². The number of benzene rings is 1. The number of halogens is 2. The Morgan fingerprint density at radius 3 is 2.85 bits per heavy atom. The summed E-state index contributed by atoms with van der Waals surface area (Å²) in [5.41, 5.74) is 6.71. The van der Waals surface area contributed by atoms with E-state index in [1.807, 2.05) is 0 Å². The first-order valence-corrected chi connectivity index (χ1v) is 6.36. The van der Waals surface area contributed by atoms with Crippen molar-refractivity contribution >= 4 is 39.1 Å². The van der Waals surface area contributed by atoms with Gasteiger partial charge in [0, 0.05) is 5.69 Å². The van der Waals surface area contributed by atoms with Gasteiger partial charge in [-0.05, 0) is 40.2 Å². The zero-order valence-electron chi connectivity index (χ0n) is 10.5. The minimum absolute atomic E-state index is 0.214. The van der Waals surface area contributed by atoms with Gasteiger partial charge in [0.25, 0.3) is 0 Å². The van der Waals surface area contributed by atoms with Gasteiger partial charge in [-0.15, -0.1) is 0 Å². The van der Waals surface area contributed by atoms with Crippen LogP contribution in [0.5, 0.6) is 0 Å². The van der Waals surface area contributed by atoms with Crippen molar-refractivity contribution in [3.05, 3.63) is 46.3 Å². The molecule has 20 heavy (non-hydrogen) atoms. The number of carbonyl (C=O) groups excluding carboxylic acids is 1. The fourth-order valence-corrected chi connectivity index (χ4v) is 1.92. The van der Waals surface area contributed by atoms with Gasteiger partial charge < -0.3 is 15.8 Å². The molecular formula is C13H11BrFN3O2. The van der Waals surface area contributed by atoms with E-state index in [0.29, 0.717) is 16.0 Å². The number of carbonyl (C=O) groups is 1. The number of pyridine rings is 1. The molecule has 1 heterocycles. The number of ether oxygens (including phenoxy) is 1. The molecule has 2 aromatic rings. The average Bonchev–Trinajstić information content (AvgIpc) is 2.44. The fraction of sp³-hybridized carbons (Fsp3) is 0.0769. The van der Waals surface area contributed by atoms with Gasteiger partial charge in [0.1, 0.15) is 11.6 Å². The zero-order valence-corrected chi connectivity index (χ0v) is 12.1. The van der Waals surface area contributed by atoms with Crippen molar-refractivity contribution in [3.63, 3.8) is 0 Å². The number of hydrogen-bond acceptors (Lipinski definition) is 5. The summed E-state index contributed by atoms with van der Waals surface area (Å²) >= 11 is 3.09. The van der Waals surface area contributed by atoms with E-state index in [1.165, 1.54) is 25.4 Å². The highest BCUT2D eigenvalue weighted by molar-refractivity contribution is 9.10. The minimum Gasteiger partial charge on any atom is -0.465 e. The molecule has 0 saturated heterocycles. The average molecular weight is 340 g/mol. The maximum atomic E-state index is 13.1. The summed E-state index contributed by atoms with van der Waals surface area (Å²) < 4.78 is 18.1. The highest BCUT2D eigenvalue weighted by Crippen LogP contribution is 2.24. The number of aromatic nitrogens is 1. The first-order chi connectivity index (χ1) is 9.51. The van der Waals surface area contributed by atoms with Gasteiger partial charge >= 0.3 is 5.97 Å². The highest BCUT2D eigenvalue weighted by Gasteiger charge is 2.12. The molecule has 0 saturated carbocycles. The zero-order chi connectivity index (χ0) is 14.7. The Balaban J connectivity index is 2.29. The van der Waals surface area contributed by atoms with Gasteiger partial charge in [0.15, 0.2) is 0 Å². The number of nitrogens with zero attached hydrogens (tertiary/aromatic N) is 1. The number of methoxy groups -OCH3 is 1. The number of nitrogens with one attached hydrogen (secondary N) is 1. The molecule has 0 atom stereocenters. The molecule has 0 amide bonds. The largest absolute Gasteiger partial charge is 0.465 e. The van der Waals surface area contributed by atoms with Crippen LogP contribution in [0.3, 0.4) is 0 Å². The molecule has 7 heteroatoms. The van der Waals surface area contributed by atoms with Gasteiger partial charge in [0.05, 0.1) is 29.0 Å². The molecule has 0 radical (unpaired) electrons. The van der Waals surface area contributed by atoms with Crippen molar-refractivity contribution in [2.45, 2.75) is 0 Å². The first kappa shape index (κ1) is 14.3. The molecule has 0 unspecified atom stereocenters. The van der Waals surface area contributed by atoms with E-state index in [9.17, 15) is 9.18 Å². The van der Waals surface area contributed by atoms with Crippen LogP contribution in [-0.2, 0) is 4.74 Å². The highest BCUT2D eigenvalue weighted by atomic mass is 79.9. The molecule has 104 valence electrons. The van der Waals surface area contributed by atoms with E-state index in [0.717, 1.165) is 0 Å². The first-order valence-electron chi connectivity index (χ1n) is 5.57. The van der Waals surface area contributed by atoms with E-state index in [-0.39, 0.29) is 17.1 Å². The predicted octanol–water partition coefficient (Wildman–Crippen LogP) is 3.10. The van der Waals surface area contributed by atoms with Gasteiger partial charge in [-0.2, -0.15) is 0 Å². The van der Waals surface area contributed by atoms with E-state index in [4.69, 9.17) is 5.73 Å². The Morgan fingerprint density at radius 1 is 1.45 bits per heavy atom. The molecule has 0 spiro atoms. The van der Waals surface area contributed by atoms with Gasteiger partial charge in [-0.25, -0.2) is 14.2 Å². The van der Waals surface area contributed by atoms with Crippen LogP contribution in [0, 0.1) is 5.82 Å². The van der Waals surface area contributed by atoms with Crippen molar-refractivity contribution in [1.82, 2.24) is 4.98 Å². The van der Waals surface area contributed by atoms with E-state index in [2.05, 4.69) is 31.0 Å². The maximum absolute atomic E-state index is 13.1. The Bertz CT molecular complexity index is 664. The lowest BCUT2D eigenvalue weighted by Gasteiger charge is -2.09. The van der Waals surface area contributed by atoms with Crippen molar-refractivity contribution < 1.29 is 13.9 Å². The van der Waals surface area contributed by atoms with Crippen LogP contribution >= 0.6 is 15.9 Å². The van der Waals surface area contributed by atoms with Crippen LogP contribution in [0.25, 0.3) is 0 Å². The lowest BCUT2D eigenvalue weighted by atomic mass is 10.2. The summed E-state index contributed by atoms with van der Waals surface area (Å²) in [6.07, 6.45) is 1.35. The summed E-state index contributed by atoms with van der Waals surface area (Å²) in [4.78, 5) is 15.6. The molecule has 1 aromatic carbocycles. The molecule has 0 aliphatic carbocycles. The molecule has 5 nitrogen and oxygen atoms in total. The number of nitrogens with two attached hydrogens (primary N) is 1. The number of esters is 1. The van der Waals surface area contributed by atoms with E-state index < -0.39 is 5.97 Å². The standard InChI is InChI=1S/C13H11BrFN3O2/c1-20-13(19)8-5-12(17-6-11(8)16)18-7-2-3-10(15)9(14)4-7/h2-6H,16H2,1H3,(H,17,18). The Morgan fingerprint density at radius 2 is 2.20 bits per heavy atom. The molecular weight excluding hydrogens is 329 g/mol. The third-order valence-corrected chi connectivity index (χ3v) is 3.14. The Hall–Kier alpha value is -2.15. The molecule has 2 rings (SSSR count). The lowest BCUT2D eigenvalue weighted by Crippen LogP contribution is -2.07. The molecule has 0 bridgehead atoms.